The molecule has 0 atom stereocenters. The van der Waals surface area contributed by atoms with E-state index in [1.807, 2.05) is 29.6 Å². The maximum Gasteiger partial charge on any atom is 0.319 e. The van der Waals surface area contributed by atoms with E-state index in [9.17, 15) is 4.79 Å². The highest BCUT2D eigenvalue weighted by atomic mass is 32.1. The Morgan fingerprint density at radius 3 is 2.77 bits per heavy atom. The summed E-state index contributed by atoms with van der Waals surface area (Å²) >= 11 is 1.63. The molecule has 2 aromatic heterocycles. The summed E-state index contributed by atoms with van der Waals surface area (Å²) in [7, 11) is 0. The molecule has 3 heterocycles. The zero-order chi connectivity index (χ0) is 15.2. The zero-order valence-electron chi connectivity index (χ0n) is 12.4. The van der Waals surface area contributed by atoms with Crippen molar-refractivity contribution < 1.29 is 4.79 Å². The van der Waals surface area contributed by atoms with Crippen molar-refractivity contribution in [3.05, 3.63) is 40.7 Å². The standard InChI is InChI=1S/C16H20N4OS/c21-16(18-12-14-5-4-10-22-14)19-13-6-7-15(17-11-13)20-8-2-1-3-9-20/h4-7,10-11H,1-3,8-9,12H2,(H2,18,19,21). The Bertz CT molecular complexity index is 591. The fourth-order valence-electron chi connectivity index (χ4n) is 2.53. The third-order valence-corrected chi connectivity index (χ3v) is 4.57. The first-order chi connectivity index (χ1) is 10.8. The third-order valence-electron chi connectivity index (χ3n) is 3.69. The van der Waals surface area contributed by atoms with Gasteiger partial charge in [-0.2, -0.15) is 0 Å². The summed E-state index contributed by atoms with van der Waals surface area (Å²) in [5.41, 5.74) is 0.712. The number of urea groups is 1. The summed E-state index contributed by atoms with van der Waals surface area (Å²) in [6.45, 7) is 2.69. The van der Waals surface area contributed by atoms with Crippen molar-refractivity contribution in [1.29, 1.82) is 0 Å². The average Bonchev–Trinajstić information content (AvgIpc) is 3.08. The molecule has 0 unspecified atom stereocenters. The first-order valence-corrected chi connectivity index (χ1v) is 8.47. The zero-order valence-corrected chi connectivity index (χ0v) is 13.2. The molecule has 0 bridgehead atoms. The Kier molecular flexibility index (Phi) is 4.90. The third kappa shape index (κ3) is 3.98. The number of piperidine rings is 1. The van der Waals surface area contributed by atoms with Crippen LogP contribution in [0.3, 0.4) is 0 Å². The molecule has 2 N–H and O–H groups in total. The molecule has 0 saturated carbocycles. The Morgan fingerprint density at radius 1 is 1.23 bits per heavy atom. The Labute approximate surface area is 134 Å². The highest BCUT2D eigenvalue weighted by Gasteiger charge is 2.12. The van der Waals surface area contributed by atoms with Crippen molar-refractivity contribution in [3.63, 3.8) is 0 Å². The number of hydrogen-bond donors (Lipinski definition) is 2. The van der Waals surface area contributed by atoms with E-state index in [1.165, 1.54) is 19.3 Å². The minimum absolute atomic E-state index is 0.207. The molecular weight excluding hydrogens is 296 g/mol. The van der Waals surface area contributed by atoms with Gasteiger partial charge in [-0.25, -0.2) is 9.78 Å². The van der Waals surface area contributed by atoms with Crippen LogP contribution in [-0.2, 0) is 6.54 Å². The molecule has 22 heavy (non-hydrogen) atoms. The number of nitrogens with one attached hydrogen (secondary N) is 2. The molecule has 2 amide bonds. The number of aromatic nitrogens is 1. The van der Waals surface area contributed by atoms with Crippen molar-refractivity contribution in [1.82, 2.24) is 10.3 Å². The molecule has 0 aromatic carbocycles. The molecule has 2 aromatic rings. The molecule has 3 rings (SSSR count). The number of carbonyl (C=O) groups is 1. The predicted octanol–water partition coefficient (Wildman–Crippen LogP) is 3.46. The van der Waals surface area contributed by atoms with Gasteiger partial charge in [-0.15, -0.1) is 11.3 Å². The largest absolute Gasteiger partial charge is 0.357 e. The molecule has 1 aliphatic rings. The number of carbonyl (C=O) groups excluding carboxylic acids is 1. The second-order valence-corrected chi connectivity index (χ2v) is 6.37. The lowest BCUT2D eigenvalue weighted by molar-refractivity contribution is 0.252. The highest BCUT2D eigenvalue weighted by Crippen LogP contribution is 2.18. The van der Waals surface area contributed by atoms with Crippen LogP contribution in [0.25, 0.3) is 0 Å². The number of amides is 2. The van der Waals surface area contributed by atoms with Crippen LogP contribution in [-0.4, -0.2) is 24.1 Å². The van der Waals surface area contributed by atoms with E-state index in [-0.39, 0.29) is 6.03 Å². The van der Waals surface area contributed by atoms with Crippen molar-refractivity contribution in [2.45, 2.75) is 25.8 Å². The number of rotatable bonds is 4. The van der Waals surface area contributed by atoms with Gasteiger partial charge in [-0.3, -0.25) is 0 Å². The lowest BCUT2D eigenvalue weighted by atomic mass is 10.1. The van der Waals surface area contributed by atoms with Crippen LogP contribution < -0.4 is 15.5 Å². The molecule has 5 nitrogen and oxygen atoms in total. The molecule has 116 valence electrons. The van der Waals surface area contributed by atoms with Gasteiger partial charge < -0.3 is 15.5 Å². The topological polar surface area (TPSA) is 57.3 Å². The van der Waals surface area contributed by atoms with Gasteiger partial charge in [0.05, 0.1) is 18.4 Å². The van der Waals surface area contributed by atoms with Crippen molar-refractivity contribution in [3.8, 4) is 0 Å². The maximum atomic E-state index is 11.8. The normalized spacial score (nSPS) is 14.6. The summed E-state index contributed by atoms with van der Waals surface area (Å²) in [5, 5.41) is 7.64. The Hall–Kier alpha value is -2.08. The van der Waals surface area contributed by atoms with E-state index in [0.29, 0.717) is 12.2 Å². The van der Waals surface area contributed by atoms with Crippen LogP contribution in [0.1, 0.15) is 24.1 Å². The number of nitrogens with zero attached hydrogens (tertiary/aromatic N) is 2. The van der Waals surface area contributed by atoms with Crippen molar-refractivity contribution >= 4 is 28.9 Å². The van der Waals surface area contributed by atoms with Gasteiger partial charge in [-0.05, 0) is 42.8 Å². The second kappa shape index (κ2) is 7.26. The second-order valence-electron chi connectivity index (χ2n) is 5.34. The maximum absolute atomic E-state index is 11.8. The van der Waals surface area contributed by atoms with Gasteiger partial charge in [0.2, 0.25) is 0 Å². The number of thiophene rings is 1. The van der Waals surface area contributed by atoms with Crippen LogP contribution in [0.2, 0.25) is 0 Å². The lowest BCUT2D eigenvalue weighted by Gasteiger charge is -2.27. The van der Waals surface area contributed by atoms with Crippen LogP contribution >= 0.6 is 11.3 Å². The molecular formula is C16H20N4OS. The molecule has 1 saturated heterocycles. The van der Waals surface area contributed by atoms with Gasteiger partial charge in [0.25, 0.3) is 0 Å². The number of hydrogen-bond acceptors (Lipinski definition) is 4. The molecule has 1 aliphatic heterocycles. The molecule has 0 radical (unpaired) electrons. The monoisotopic (exact) mass is 316 g/mol. The van der Waals surface area contributed by atoms with E-state index in [4.69, 9.17) is 0 Å². The van der Waals surface area contributed by atoms with E-state index < -0.39 is 0 Å². The summed E-state index contributed by atoms with van der Waals surface area (Å²) in [6, 6.07) is 7.64. The smallest absolute Gasteiger partial charge is 0.319 e. The molecule has 6 heteroatoms. The summed E-state index contributed by atoms with van der Waals surface area (Å²) in [4.78, 5) is 19.7. The summed E-state index contributed by atoms with van der Waals surface area (Å²) in [5.74, 6) is 0.990. The Balaban J connectivity index is 1.50. The van der Waals surface area contributed by atoms with E-state index in [2.05, 4.69) is 20.5 Å². The van der Waals surface area contributed by atoms with Gasteiger partial charge in [-0.1, -0.05) is 6.07 Å². The minimum Gasteiger partial charge on any atom is -0.357 e. The first kappa shape index (κ1) is 14.8. The number of pyridine rings is 1. The first-order valence-electron chi connectivity index (χ1n) is 7.59. The SMILES string of the molecule is O=C(NCc1cccs1)Nc1ccc(N2CCCCC2)nc1. The van der Waals surface area contributed by atoms with Crippen LogP contribution in [0.4, 0.5) is 16.3 Å². The van der Waals surface area contributed by atoms with Gasteiger partial charge in [0, 0.05) is 18.0 Å². The molecule has 0 aliphatic carbocycles. The van der Waals surface area contributed by atoms with Crippen LogP contribution in [0.5, 0.6) is 0 Å². The van der Waals surface area contributed by atoms with Gasteiger partial charge in [0.15, 0.2) is 0 Å². The van der Waals surface area contributed by atoms with E-state index in [0.717, 1.165) is 23.8 Å². The average molecular weight is 316 g/mol. The molecule has 0 spiro atoms. The minimum atomic E-state index is -0.207. The number of anilines is 2. The lowest BCUT2D eigenvalue weighted by Crippen LogP contribution is -2.30. The van der Waals surface area contributed by atoms with Crippen molar-refractivity contribution in [2.24, 2.45) is 0 Å². The van der Waals surface area contributed by atoms with Gasteiger partial charge in [0.1, 0.15) is 5.82 Å². The Morgan fingerprint density at radius 2 is 2.09 bits per heavy atom. The summed E-state index contributed by atoms with van der Waals surface area (Å²) < 4.78 is 0. The fraction of sp³-hybridized carbons (Fsp3) is 0.375. The highest BCUT2D eigenvalue weighted by molar-refractivity contribution is 7.09. The summed E-state index contributed by atoms with van der Waals surface area (Å²) in [6.07, 6.45) is 5.48. The van der Waals surface area contributed by atoms with E-state index in [1.54, 1.807) is 17.5 Å². The van der Waals surface area contributed by atoms with E-state index >= 15 is 0 Å². The van der Waals surface area contributed by atoms with Crippen LogP contribution in [0, 0.1) is 0 Å². The van der Waals surface area contributed by atoms with Gasteiger partial charge >= 0.3 is 6.03 Å². The quantitative estimate of drug-likeness (QED) is 0.908. The predicted molar refractivity (Wildman–Crippen MR) is 90.5 cm³/mol. The fourth-order valence-corrected chi connectivity index (χ4v) is 3.17. The van der Waals surface area contributed by atoms with Crippen LogP contribution in [0.15, 0.2) is 35.8 Å². The molecule has 1 fully saturated rings. The van der Waals surface area contributed by atoms with Crippen molar-refractivity contribution in [2.75, 3.05) is 23.3 Å².